The molecule has 1 atom stereocenters. The number of aromatic hydroxyl groups is 1. The van der Waals surface area contributed by atoms with Crippen LogP contribution in [0.4, 0.5) is 14.9 Å². The van der Waals surface area contributed by atoms with Crippen LogP contribution in [-0.4, -0.2) is 26.8 Å². The fraction of sp³-hybridized carbons (Fsp3) is 0.240. The van der Waals surface area contributed by atoms with Gasteiger partial charge in [-0.15, -0.1) is 0 Å². The number of nitrogens with one attached hydrogen (secondary N) is 2. The maximum Gasteiger partial charge on any atom is 0.319 e. The summed E-state index contributed by atoms with van der Waals surface area (Å²) in [5.41, 5.74) is 1.28. The molecule has 0 spiro atoms. The lowest BCUT2D eigenvalue weighted by Gasteiger charge is -2.20. The van der Waals surface area contributed by atoms with Gasteiger partial charge < -0.3 is 25.4 Å². The molecule has 2 amide bonds. The molecule has 1 aliphatic carbocycles. The van der Waals surface area contributed by atoms with Crippen LogP contribution in [0.5, 0.6) is 5.75 Å². The predicted octanol–water partition coefficient (Wildman–Crippen LogP) is 4.22. The lowest BCUT2D eigenvalue weighted by atomic mass is 10.0. The summed E-state index contributed by atoms with van der Waals surface area (Å²) >= 11 is 6.28. The molecule has 0 unspecified atom stereocenters. The Bertz CT molecular complexity index is 1360. The van der Waals surface area contributed by atoms with E-state index < -0.39 is 35.8 Å². The molecule has 8 nitrogen and oxygen atoms in total. The number of carbonyl (C=O) groups excluding carboxylic acids is 1. The van der Waals surface area contributed by atoms with Crippen LogP contribution >= 0.6 is 11.6 Å². The summed E-state index contributed by atoms with van der Waals surface area (Å²) < 4.78 is 15.2. The number of fused-ring (bicyclic) bond motifs is 1. The van der Waals surface area contributed by atoms with Gasteiger partial charge in [0.15, 0.2) is 5.69 Å². The zero-order valence-electron chi connectivity index (χ0n) is 18.6. The summed E-state index contributed by atoms with van der Waals surface area (Å²) in [7, 11) is 0. The lowest BCUT2D eigenvalue weighted by Crippen LogP contribution is -2.37. The van der Waals surface area contributed by atoms with Gasteiger partial charge in [0, 0.05) is 16.3 Å². The predicted molar refractivity (Wildman–Crippen MR) is 128 cm³/mol. The Kier molecular flexibility index (Phi) is 7.07. The number of pyridine rings is 1. The third kappa shape index (κ3) is 5.30. The molecule has 0 radical (unpaired) electrons. The summed E-state index contributed by atoms with van der Waals surface area (Å²) in [6.07, 6.45) is 1.35. The van der Waals surface area contributed by atoms with Crippen LogP contribution in [-0.2, 0) is 24.2 Å². The highest BCUT2D eigenvalue weighted by Crippen LogP contribution is 2.34. The number of carboxylic acid groups (broad SMARTS) is 1. The average molecular weight is 500 g/mol. The van der Waals surface area contributed by atoms with Crippen LogP contribution in [0.2, 0.25) is 5.02 Å². The normalized spacial score (nSPS) is 13.2. The Morgan fingerprint density at radius 2 is 1.91 bits per heavy atom. The van der Waals surface area contributed by atoms with E-state index in [2.05, 4.69) is 10.6 Å². The smallest absolute Gasteiger partial charge is 0.319 e. The topological polar surface area (TPSA) is 121 Å². The molecule has 0 fully saturated rings. The third-order valence-electron chi connectivity index (χ3n) is 5.96. The number of carboxylic acids is 1. The van der Waals surface area contributed by atoms with E-state index in [0.717, 1.165) is 12.5 Å². The van der Waals surface area contributed by atoms with E-state index >= 15 is 0 Å². The molecular formula is C25H23ClFN3O5. The van der Waals surface area contributed by atoms with Crippen molar-refractivity contribution >= 4 is 29.3 Å². The van der Waals surface area contributed by atoms with Crippen LogP contribution in [0, 0.1) is 5.82 Å². The first-order valence-electron chi connectivity index (χ1n) is 11.0. The Hall–Kier alpha value is -3.85. The number of aliphatic carboxylic acids is 1. The summed E-state index contributed by atoms with van der Waals surface area (Å²) in [4.78, 5) is 37.5. The van der Waals surface area contributed by atoms with Crippen LogP contribution < -0.4 is 16.2 Å². The van der Waals surface area contributed by atoms with E-state index in [1.54, 1.807) is 24.3 Å². The number of carbonyl (C=O) groups is 2. The fourth-order valence-corrected chi connectivity index (χ4v) is 4.52. The molecule has 4 rings (SSSR count). The number of anilines is 1. The lowest BCUT2D eigenvalue weighted by molar-refractivity contribution is -0.137. The molecule has 3 aromatic rings. The number of benzene rings is 2. The summed E-state index contributed by atoms with van der Waals surface area (Å²) in [6.45, 7) is 0.155. The highest BCUT2D eigenvalue weighted by atomic mass is 35.5. The first kappa shape index (κ1) is 24.3. The minimum absolute atomic E-state index is 0.155. The van der Waals surface area contributed by atoms with Gasteiger partial charge in [-0.25, -0.2) is 9.18 Å². The summed E-state index contributed by atoms with van der Waals surface area (Å²) in [5.74, 6) is -2.10. The van der Waals surface area contributed by atoms with Gasteiger partial charge >= 0.3 is 12.0 Å². The quantitative estimate of drug-likeness (QED) is 0.388. The number of hydrogen-bond donors (Lipinski definition) is 4. The number of urea groups is 1. The van der Waals surface area contributed by atoms with E-state index in [-0.39, 0.29) is 23.5 Å². The third-order valence-corrected chi connectivity index (χ3v) is 6.32. The molecule has 0 bridgehead atoms. The molecule has 4 N–H and O–H groups in total. The van der Waals surface area contributed by atoms with Gasteiger partial charge in [-0.1, -0.05) is 41.9 Å². The van der Waals surface area contributed by atoms with Crippen LogP contribution in [0.15, 0.2) is 53.3 Å². The highest BCUT2D eigenvalue weighted by molar-refractivity contribution is 6.31. The largest absolute Gasteiger partial charge is 0.505 e. The summed E-state index contributed by atoms with van der Waals surface area (Å²) in [6, 6.07) is 10.3. The van der Waals surface area contributed by atoms with Crippen LogP contribution in [0.25, 0.3) is 0 Å². The van der Waals surface area contributed by atoms with E-state index in [9.17, 15) is 29.0 Å². The Labute approximate surface area is 205 Å². The zero-order valence-corrected chi connectivity index (χ0v) is 19.3. The van der Waals surface area contributed by atoms with Gasteiger partial charge in [0.1, 0.15) is 11.6 Å². The van der Waals surface area contributed by atoms with Crippen molar-refractivity contribution < 1.29 is 24.2 Å². The molecule has 1 aliphatic rings. The first-order valence-corrected chi connectivity index (χ1v) is 11.4. The average Bonchev–Trinajstić information content (AvgIpc) is 3.30. The number of aromatic nitrogens is 1. The van der Waals surface area contributed by atoms with Gasteiger partial charge in [-0.05, 0) is 48.6 Å². The van der Waals surface area contributed by atoms with Crippen molar-refractivity contribution in [2.24, 2.45) is 0 Å². The van der Waals surface area contributed by atoms with E-state index in [1.165, 1.54) is 22.8 Å². The van der Waals surface area contributed by atoms with Gasteiger partial charge in [0.25, 0.3) is 5.56 Å². The van der Waals surface area contributed by atoms with Crippen molar-refractivity contribution in [1.29, 1.82) is 0 Å². The van der Waals surface area contributed by atoms with Crippen molar-refractivity contribution in [2.75, 3.05) is 5.32 Å². The molecule has 1 heterocycles. The van der Waals surface area contributed by atoms with E-state index in [4.69, 9.17) is 11.6 Å². The number of rotatable bonds is 7. The first-order chi connectivity index (χ1) is 16.7. The molecule has 10 heteroatoms. The maximum atomic E-state index is 13.7. The van der Waals surface area contributed by atoms with Crippen LogP contribution in [0.3, 0.4) is 0 Å². The monoisotopic (exact) mass is 499 g/mol. The molecule has 0 saturated carbocycles. The Balaban J connectivity index is 1.65. The van der Waals surface area contributed by atoms with Gasteiger partial charge in [0.05, 0.1) is 19.0 Å². The second kappa shape index (κ2) is 10.2. The molecule has 0 saturated heterocycles. The number of halogens is 2. The van der Waals surface area contributed by atoms with E-state index in [0.29, 0.717) is 34.7 Å². The zero-order chi connectivity index (χ0) is 25.1. The Morgan fingerprint density at radius 3 is 2.63 bits per heavy atom. The Morgan fingerprint density at radius 1 is 1.14 bits per heavy atom. The molecule has 182 valence electrons. The van der Waals surface area contributed by atoms with Crippen molar-refractivity contribution in [3.8, 4) is 5.75 Å². The standard InChI is InChI=1S/C25H23ClFN3O5/c26-18-9-2-1-5-15(18)13-30-20-10-4-8-17(20)23(33)22(24(30)34)29-25(35)28-19(12-21(31)32)14-6-3-7-16(27)11-14/h1-3,5-7,9,11,19,33H,4,8,10,12-13H2,(H,31,32)(H2,28,29,35)/t19-/m0/s1. The van der Waals surface area contributed by atoms with Crippen molar-refractivity contribution in [2.45, 2.75) is 38.3 Å². The molecule has 0 aliphatic heterocycles. The molecule has 1 aromatic heterocycles. The highest BCUT2D eigenvalue weighted by Gasteiger charge is 2.27. The maximum absolute atomic E-state index is 13.7. The van der Waals surface area contributed by atoms with Gasteiger partial charge in [0.2, 0.25) is 0 Å². The van der Waals surface area contributed by atoms with Gasteiger partial charge in [-0.2, -0.15) is 0 Å². The van der Waals surface area contributed by atoms with E-state index in [1.807, 2.05) is 0 Å². The second-order valence-electron chi connectivity index (χ2n) is 8.29. The fourth-order valence-electron chi connectivity index (χ4n) is 4.33. The number of amides is 2. The molecule has 2 aromatic carbocycles. The van der Waals surface area contributed by atoms with Gasteiger partial charge in [-0.3, -0.25) is 9.59 Å². The summed E-state index contributed by atoms with van der Waals surface area (Å²) in [5, 5.41) is 25.4. The number of hydrogen-bond acceptors (Lipinski definition) is 4. The van der Waals surface area contributed by atoms with Crippen molar-refractivity contribution in [3.05, 3.63) is 92.1 Å². The minimum atomic E-state index is -1.21. The SMILES string of the molecule is O=C(O)C[C@H](NC(=O)Nc1c(O)c2c(n(Cc3ccccc3Cl)c1=O)CCC2)c1cccc(F)c1. The minimum Gasteiger partial charge on any atom is -0.505 e. The molecule has 35 heavy (non-hydrogen) atoms. The number of nitrogens with zero attached hydrogens (tertiary/aromatic N) is 1. The molecular weight excluding hydrogens is 477 g/mol. The van der Waals surface area contributed by atoms with Crippen molar-refractivity contribution in [3.63, 3.8) is 0 Å². The van der Waals surface area contributed by atoms with Crippen LogP contribution in [0.1, 0.15) is 41.3 Å². The second-order valence-corrected chi connectivity index (χ2v) is 8.70. The van der Waals surface area contributed by atoms with Crippen molar-refractivity contribution in [1.82, 2.24) is 9.88 Å².